The number of benzene rings is 1. The van der Waals surface area contributed by atoms with Gasteiger partial charge in [0.2, 0.25) is 11.5 Å². The molecule has 2 aromatic rings. The predicted molar refractivity (Wildman–Crippen MR) is 95.5 cm³/mol. The molecule has 2 heterocycles. The molecule has 1 aliphatic heterocycles. The molecule has 1 aliphatic rings. The molecule has 0 aliphatic carbocycles. The van der Waals surface area contributed by atoms with Gasteiger partial charge in [0.1, 0.15) is 19.5 Å². The van der Waals surface area contributed by atoms with Gasteiger partial charge in [-0.25, -0.2) is 4.79 Å². The fourth-order valence-electron chi connectivity index (χ4n) is 2.81. The van der Waals surface area contributed by atoms with Gasteiger partial charge in [0.15, 0.2) is 6.61 Å². The van der Waals surface area contributed by atoms with Crippen molar-refractivity contribution in [2.75, 3.05) is 19.8 Å². The molecular formula is C19H18ClNO5. The summed E-state index contributed by atoms with van der Waals surface area (Å²) >= 11 is 6.06. The summed E-state index contributed by atoms with van der Waals surface area (Å²) < 4.78 is 17.1. The summed E-state index contributed by atoms with van der Waals surface area (Å²) in [6.07, 6.45) is 1.20. The van der Waals surface area contributed by atoms with Crippen LogP contribution in [0, 0.1) is 13.8 Å². The van der Waals surface area contributed by atoms with Gasteiger partial charge in [0.05, 0.1) is 0 Å². The van der Waals surface area contributed by atoms with Crippen LogP contribution >= 0.6 is 11.6 Å². The maximum atomic E-state index is 12.5. The van der Waals surface area contributed by atoms with E-state index in [1.807, 2.05) is 36.6 Å². The van der Waals surface area contributed by atoms with Gasteiger partial charge in [-0.05, 0) is 38.1 Å². The van der Waals surface area contributed by atoms with Crippen LogP contribution < -0.4 is 0 Å². The lowest BCUT2D eigenvalue weighted by Gasteiger charge is -2.14. The third-order valence-corrected chi connectivity index (χ3v) is 4.22. The molecule has 3 rings (SSSR count). The van der Waals surface area contributed by atoms with Gasteiger partial charge in [0, 0.05) is 27.7 Å². The van der Waals surface area contributed by atoms with Crippen LogP contribution in [0.4, 0.5) is 0 Å². The lowest BCUT2D eigenvalue weighted by molar-refractivity contribution is -0.143. The van der Waals surface area contributed by atoms with Gasteiger partial charge < -0.3 is 18.8 Å². The van der Waals surface area contributed by atoms with Gasteiger partial charge in [-0.2, -0.15) is 0 Å². The summed E-state index contributed by atoms with van der Waals surface area (Å²) in [6.45, 7) is 4.01. The maximum absolute atomic E-state index is 12.5. The number of carbonyl (C=O) groups excluding carboxylic acids is 2. The molecule has 0 fully saturated rings. The average molecular weight is 376 g/mol. The van der Waals surface area contributed by atoms with Crippen LogP contribution in [0.25, 0.3) is 5.69 Å². The van der Waals surface area contributed by atoms with E-state index in [1.165, 1.54) is 6.26 Å². The van der Waals surface area contributed by atoms with E-state index in [2.05, 4.69) is 0 Å². The van der Waals surface area contributed by atoms with Gasteiger partial charge in [-0.1, -0.05) is 17.7 Å². The first-order valence-corrected chi connectivity index (χ1v) is 8.45. The topological polar surface area (TPSA) is 66.8 Å². The second-order valence-electron chi connectivity index (χ2n) is 5.80. The number of carbonyl (C=O) groups is 2. The number of aromatic nitrogens is 1. The summed E-state index contributed by atoms with van der Waals surface area (Å²) in [6, 6.07) is 9.14. The minimum atomic E-state index is -0.721. The molecule has 0 unspecified atom stereocenters. The van der Waals surface area contributed by atoms with Crippen molar-refractivity contribution in [3.8, 4) is 5.69 Å². The third-order valence-electron chi connectivity index (χ3n) is 3.98. The zero-order valence-electron chi connectivity index (χ0n) is 14.5. The average Bonchev–Trinajstić information content (AvgIpc) is 2.94. The SMILES string of the molecule is Cc1cc(C(=O)COC(=O)C2=COCCO2)c(C)n1-c1cccc(Cl)c1. The lowest BCUT2D eigenvalue weighted by atomic mass is 10.1. The Hall–Kier alpha value is -2.73. The molecule has 0 amide bonds. The summed E-state index contributed by atoms with van der Waals surface area (Å²) in [4.78, 5) is 24.4. The zero-order chi connectivity index (χ0) is 18.7. The number of rotatable bonds is 5. The van der Waals surface area contributed by atoms with Crippen molar-refractivity contribution in [1.82, 2.24) is 4.57 Å². The Kier molecular flexibility index (Phi) is 5.32. The molecule has 1 aromatic heterocycles. The number of ketones is 1. The van der Waals surface area contributed by atoms with Crippen molar-refractivity contribution in [2.45, 2.75) is 13.8 Å². The van der Waals surface area contributed by atoms with Crippen molar-refractivity contribution in [3.05, 3.63) is 64.3 Å². The molecule has 0 N–H and O–H groups in total. The molecule has 0 spiro atoms. The molecule has 7 heteroatoms. The molecule has 0 saturated heterocycles. The first kappa shape index (κ1) is 18.1. The highest BCUT2D eigenvalue weighted by atomic mass is 35.5. The van der Waals surface area contributed by atoms with E-state index in [9.17, 15) is 9.59 Å². The van der Waals surface area contributed by atoms with Crippen LogP contribution in [0.15, 0.2) is 42.4 Å². The number of nitrogens with zero attached hydrogens (tertiary/aromatic N) is 1. The number of halogens is 1. The number of Topliss-reactive ketones (excluding diaryl/α,β-unsaturated/α-hetero) is 1. The fraction of sp³-hybridized carbons (Fsp3) is 0.263. The van der Waals surface area contributed by atoms with Gasteiger partial charge >= 0.3 is 5.97 Å². The number of aryl methyl sites for hydroxylation is 1. The van der Waals surface area contributed by atoms with E-state index in [0.717, 1.165) is 17.1 Å². The third kappa shape index (κ3) is 3.75. The van der Waals surface area contributed by atoms with Crippen molar-refractivity contribution in [1.29, 1.82) is 0 Å². The molecule has 0 atom stereocenters. The Morgan fingerprint density at radius 1 is 1.23 bits per heavy atom. The van der Waals surface area contributed by atoms with Crippen molar-refractivity contribution in [3.63, 3.8) is 0 Å². The zero-order valence-corrected chi connectivity index (χ0v) is 15.2. The Bertz CT molecular complexity index is 884. The van der Waals surface area contributed by atoms with Crippen molar-refractivity contribution in [2.24, 2.45) is 0 Å². The normalized spacial score (nSPS) is 13.4. The van der Waals surface area contributed by atoms with Gasteiger partial charge in [-0.3, -0.25) is 4.79 Å². The highest BCUT2D eigenvalue weighted by Crippen LogP contribution is 2.23. The van der Waals surface area contributed by atoms with Crippen molar-refractivity contribution < 1.29 is 23.8 Å². The standard InChI is InChI=1S/C19H18ClNO5/c1-12-8-16(13(2)21(12)15-5-3-4-14(20)9-15)17(22)10-26-19(23)18-11-24-6-7-25-18/h3-5,8-9,11H,6-7,10H2,1-2H3. The van der Waals surface area contributed by atoms with E-state index in [1.54, 1.807) is 12.1 Å². The van der Waals surface area contributed by atoms with Gasteiger partial charge in [-0.15, -0.1) is 0 Å². The quantitative estimate of drug-likeness (QED) is 0.592. The Balaban J connectivity index is 1.75. The minimum absolute atomic E-state index is 0.0338. The van der Waals surface area contributed by atoms with E-state index < -0.39 is 5.97 Å². The number of hydrogen-bond donors (Lipinski definition) is 0. The lowest BCUT2D eigenvalue weighted by Crippen LogP contribution is -2.20. The first-order chi connectivity index (χ1) is 12.5. The summed E-state index contributed by atoms with van der Waals surface area (Å²) in [5.41, 5.74) is 2.99. The minimum Gasteiger partial charge on any atom is -0.493 e. The fourth-order valence-corrected chi connectivity index (χ4v) is 3.00. The molecule has 26 heavy (non-hydrogen) atoms. The van der Waals surface area contributed by atoms with Crippen LogP contribution in [0.3, 0.4) is 0 Å². The highest BCUT2D eigenvalue weighted by molar-refractivity contribution is 6.30. The molecule has 0 bridgehead atoms. The summed E-state index contributed by atoms with van der Waals surface area (Å²) in [7, 11) is 0. The summed E-state index contributed by atoms with van der Waals surface area (Å²) in [5, 5.41) is 0.611. The number of hydrogen-bond acceptors (Lipinski definition) is 5. The Labute approximate surface area is 155 Å². The maximum Gasteiger partial charge on any atom is 0.377 e. The van der Waals surface area contributed by atoms with Crippen LogP contribution in [0.1, 0.15) is 21.7 Å². The molecular weight excluding hydrogens is 358 g/mol. The second-order valence-corrected chi connectivity index (χ2v) is 6.24. The number of esters is 1. The summed E-state index contributed by atoms with van der Waals surface area (Å²) in [5.74, 6) is -1.05. The van der Waals surface area contributed by atoms with Gasteiger partial charge in [0.25, 0.3) is 0 Å². The highest BCUT2D eigenvalue weighted by Gasteiger charge is 2.21. The predicted octanol–water partition coefficient (Wildman–Crippen LogP) is 3.36. The first-order valence-electron chi connectivity index (χ1n) is 8.07. The number of ether oxygens (including phenoxy) is 3. The van der Waals surface area contributed by atoms with Crippen LogP contribution in [0.2, 0.25) is 5.02 Å². The van der Waals surface area contributed by atoms with E-state index in [-0.39, 0.29) is 24.8 Å². The van der Waals surface area contributed by atoms with E-state index in [4.69, 9.17) is 25.8 Å². The smallest absolute Gasteiger partial charge is 0.377 e. The molecule has 136 valence electrons. The largest absolute Gasteiger partial charge is 0.493 e. The Morgan fingerprint density at radius 3 is 2.73 bits per heavy atom. The van der Waals surface area contributed by atoms with E-state index in [0.29, 0.717) is 17.2 Å². The molecule has 0 saturated carbocycles. The molecule has 0 radical (unpaired) electrons. The van der Waals surface area contributed by atoms with Crippen LogP contribution in [0.5, 0.6) is 0 Å². The van der Waals surface area contributed by atoms with Crippen LogP contribution in [-0.2, 0) is 19.0 Å². The molecule has 1 aromatic carbocycles. The second kappa shape index (κ2) is 7.66. The Morgan fingerprint density at radius 2 is 2.04 bits per heavy atom. The van der Waals surface area contributed by atoms with Crippen molar-refractivity contribution >= 4 is 23.4 Å². The molecule has 6 nitrogen and oxygen atoms in total. The van der Waals surface area contributed by atoms with E-state index >= 15 is 0 Å². The monoisotopic (exact) mass is 375 g/mol. The van der Waals surface area contributed by atoms with Crippen LogP contribution in [-0.4, -0.2) is 36.1 Å².